The molecule has 2 amide bonds. The molecule has 0 saturated carbocycles. The van der Waals surface area contributed by atoms with Gasteiger partial charge in [-0.2, -0.15) is 0 Å². The van der Waals surface area contributed by atoms with Crippen LogP contribution in [0.15, 0.2) is 12.3 Å². The number of carbonyl (C=O) groups is 1. The van der Waals surface area contributed by atoms with Crippen molar-refractivity contribution in [1.29, 1.82) is 0 Å². The fourth-order valence-corrected chi connectivity index (χ4v) is 2.13. The third-order valence-corrected chi connectivity index (χ3v) is 3.55. The molecule has 4 heteroatoms. The van der Waals surface area contributed by atoms with E-state index in [1.807, 2.05) is 11.1 Å². The Hall–Kier alpha value is -1.58. The van der Waals surface area contributed by atoms with Crippen LogP contribution >= 0.6 is 0 Å². The summed E-state index contributed by atoms with van der Waals surface area (Å²) in [7, 11) is 0. The predicted molar refractivity (Wildman–Crippen MR) is 72.8 cm³/mol. The molecule has 0 spiro atoms. The first-order chi connectivity index (χ1) is 8.54. The molecule has 1 aliphatic rings. The van der Waals surface area contributed by atoms with Crippen molar-refractivity contribution in [1.82, 2.24) is 10.3 Å². The van der Waals surface area contributed by atoms with Gasteiger partial charge in [0.15, 0.2) is 0 Å². The topological polar surface area (TPSA) is 45.2 Å². The number of rotatable bonds is 3. The van der Waals surface area contributed by atoms with Gasteiger partial charge < -0.3 is 5.32 Å². The van der Waals surface area contributed by atoms with E-state index in [1.165, 1.54) is 5.56 Å². The maximum atomic E-state index is 12.0. The maximum absolute atomic E-state index is 12.0. The van der Waals surface area contributed by atoms with Crippen LogP contribution in [0.2, 0.25) is 0 Å². The van der Waals surface area contributed by atoms with Crippen molar-refractivity contribution in [3.05, 3.63) is 23.5 Å². The zero-order valence-electron chi connectivity index (χ0n) is 11.5. The molecular formula is C14H21N3O. The molecule has 18 heavy (non-hydrogen) atoms. The molecule has 0 aromatic carbocycles. The average molecular weight is 247 g/mol. The summed E-state index contributed by atoms with van der Waals surface area (Å²) in [6.07, 6.45) is 2.84. The van der Waals surface area contributed by atoms with Crippen LogP contribution in [0.5, 0.6) is 0 Å². The van der Waals surface area contributed by atoms with Crippen LogP contribution in [-0.4, -0.2) is 17.1 Å². The van der Waals surface area contributed by atoms with Gasteiger partial charge in [0.05, 0.1) is 17.9 Å². The van der Waals surface area contributed by atoms with Crippen LogP contribution in [-0.2, 0) is 6.54 Å². The smallest absolute Gasteiger partial charge is 0.322 e. The number of amides is 2. The number of hydrogen-bond donors (Lipinski definition) is 1. The number of urea groups is 1. The Kier molecular flexibility index (Phi) is 3.55. The van der Waals surface area contributed by atoms with Crippen LogP contribution in [0.25, 0.3) is 0 Å². The van der Waals surface area contributed by atoms with Crippen LogP contribution < -0.4 is 10.2 Å². The lowest BCUT2D eigenvalue weighted by molar-refractivity contribution is 0.242. The van der Waals surface area contributed by atoms with Crippen molar-refractivity contribution in [2.75, 3.05) is 4.90 Å². The zero-order valence-corrected chi connectivity index (χ0v) is 11.5. The molecule has 1 unspecified atom stereocenters. The molecule has 1 aromatic rings. The van der Waals surface area contributed by atoms with Gasteiger partial charge in [0.1, 0.15) is 0 Å². The molecule has 0 bridgehead atoms. The standard InChI is InChI=1S/C14H21N3O/c1-5-10(4)17-13-6-11(9(2)3)7-15-12(13)8-16-14(17)18/h6-7,9-10H,5,8H2,1-4H3,(H,16,18). The molecule has 1 aromatic heterocycles. The van der Waals surface area contributed by atoms with Crippen LogP contribution in [0, 0.1) is 0 Å². The minimum absolute atomic E-state index is 0.0143. The largest absolute Gasteiger partial charge is 0.332 e. The molecule has 1 atom stereocenters. The van der Waals surface area contributed by atoms with Gasteiger partial charge in [-0.25, -0.2) is 4.79 Å². The Morgan fingerprint density at radius 1 is 1.44 bits per heavy atom. The summed E-state index contributed by atoms with van der Waals surface area (Å²) in [5.41, 5.74) is 3.11. The van der Waals surface area contributed by atoms with E-state index in [1.54, 1.807) is 0 Å². The van der Waals surface area contributed by atoms with Crippen molar-refractivity contribution in [2.24, 2.45) is 0 Å². The van der Waals surface area contributed by atoms with E-state index in [2.05, 4.69) is 44.1 Å². The van der Waals surface area contributed by atoms with Crippen LogP contribution in [0.3, 0.4) is 0 Å². The van der Waals surface area contributed by atoms with Gasteiger partial charge in [0.25, 0.3) is 0 Å². The summed E-state index contributed by atoms with van der Waals surface area (Å²) >= 11 is 0. The van der Waals surface area contributed by atoms with Crippen molar-refractivity contribution < 1.29 is 4.79 Å². The summed E-state index contributed by atoms with van der Waals surface area (Å²) < 4.78 is 0. The summed E-state index contributed by atoms with van der Waals surface area (Å²) in [6, 6.07) is 2.28. The van der Waals surface area contributed by atoms with E-state index in [4.69, 9.17) is 0 Å². The van der Waals surface area contributed by atoms with Gasteiger partial charge in [0.2, 0.25) is 0 Å². The third-order valence-electron chi connectivity index (χ3n) is 3.55. The first kappa shape index (κ1) is 12.9. The highest BCUT2D eigenvalue weighted by atomic mass is 16.2. The van der Waals surface area contributed by atoms with E-state index in [0.29, 0.717) is 12.5 Å². The molecule has 98 valence electrons. The minimum Gasteiger partial charge on any atom is -0.332 e. The van der Waals surface area contributed by atoms with E-state index in [9.17, 15) is 4.79 Å². The summed E-state index contributed by atoms with van der Waals surface area (Å²) in [4.78, 5) is 18.3. The van der Waals surface area contributed by atoms with E-state index in [-0.39, 0.29) is 12.1 Å². The Balaban J connectivity index is 2.46. The Morgan fingerprint density at radius 3 is 2.78 bits per heavy atom. The molecule has 2 heterocycles. The van der Waals surface area contributed by atoms with Gasteiger partial charge in [-0.15, -0.1) is 0 Å². The molecular weight excluding hydrogens is 226 g/mol. The molecule has 4 nitrogen and oxygen atoms in total. The van der Waals surface area contributed by atoms with Crippen molar-refractivity contribution in [2.45, 2.75) is 52.6 Å². The maximum Gasteiger partial charge on any atom is 0.322 e. The summed E-state index contributed by atoms with van der Waals surface area (Å²) in [5.74, 6) is 0.423. The van der Waals surface area contributed by atoms with Crippen LogP contribution in [0.4, 0.5) is 10.5 Å². The lowest BCUT2D eigenvalue weighted by Crippen LogP contribution is -2.48. The molecule has 0 radical (unpaired) electrons. The number of carbonyl (C=O) groups excluding carboxylic acids is 1. The molecule has 0 aliphatic carbocycles. The highest BCUT2D eigenvalue weighted by Crippen LogP contribution is 2.29. The number of fused-ring (bicyclic) bond motifs is 1. The van der Waals surface area contributed by atoms with Gasteiger partial charge >= 0.3 is 6.03 Å². The lowest BCUT2D eigenvalue weighted by atomic mass is 10.0. The zero-order chi connectivity index (χ0) is 13.3. The third kappa shape index (κ3) is 2.19. The first-order valence-corrected chi connectivity index (χ1v) is 6.60. The first-order valence-electron chi connectivity index (χ1n) is 6.60. The van der Waals surface area contributed by atoms with Crippen molar-refractivity contribution >= 4 is 11.7 Å². The van der Waals surface area contributed by atoms with Gasteiger partial charge in [0, 0.05) is 12.2 Å². The average Bonchev–Trinajstić information content (AvgIpc) is 2.37. The van der Waals surface area contributed by atoms with Crippen LogP contribution in [0.1, 0.15) is 51.3 Å². The second-order valence-corrected chi connectivity index (χ2v) is 5.18. The highest BCUT2D eigenvalue weighted by Gasteiger charge is 2.28. The van der Waals surface area contributed by atoms with Crippen molar-refractivity contribution in [3.63, 3.8) is 0 Å². The van der Waals surface area contributed by atoms with Crippen molar-refractivity contribution in [3.8, 4) is 0 Å². The SMILES string of the molecule is CCC(C)N1C(=O)NCc2ncc(C(C)C)cc21. The van der Waals surface area contributed by atoms with E-state index < -0.39 is 0 Å². The molecule has 1 aliphatic heterocycles. The highest BCUT2D eigenvalue weighted by molar-refractivity contribution is 5.95. The summed E-state index contributed by atoms with van der Waals surface area (Å²) in [6.45, 7) is 8.96. The second-order valence-electron chi connectivity index (χ2n) is 5.18. The number of nitrogens with one attached hydrogen (secondary N) is 1. The Morgan fingerprint density at radius 2 is 2.17 bits per heavy atom. The molecule has 2 rings (SSSR count). The monoisotopic (exact) mass is 247 g/mol. The molecule has 0 saturated heterocycles. The quantitative estimate of drug-likeness (QED) is 0.892. The molecule has 0 fully saturated rings. The number of nitrogens with zero attached hydrogens (tertiary/aromatic N) is 2. The number of hydrogen-bond acceptors (Lipinski definition) is 2. The van der Waals surface area contributed by atoms with Gasteiger partial charge in [-0.05, 0) is 30.9 Å². The van der Waals surface area contributed by atoms with Gasteiger partial charge in [-0.3, -0.25) is 9.88 Å². The van der Waals surface area contributed by atoms with E-state index >= 15 is 0 Å². The molecule has 1 N–H and O–H groups in total. The Labute approximate surface area is 108 Å². The number of pyridine rings is 1. The lowest BCUT2D eigenvalue weighted by Gasteiger charge is -2.34. The number of aromatic nitrogens is 1. The fraction of sp³-hybridized carbons (Fsp3) is 0.571. The predicted octanol–water partition coefficient (Wildman–Crippen LogP) is 3.03. The normalized spacial score (nSPS) is 16.5. The van der Waals surface area contributed by atoms with Gasteiger partial charge in [-0.1, -0.05) is 20.8 Å². The fourth-order valence-electron chi connectivity index (χ4n) is 2.13. The minimum atomic E-state index is -0.0143. The second kappa shape index (κ2) is 4.96. The Bertz CT molecular complexity index is 456. The number of anilines is 1. The summed E-state index contributed by atoms with van der Waals surface area (Å²) in [5, 5.41) is 2.88. The van der Waals surface area contributed by atoms with E-state index in [0.717, 1.165) is 17.8 Å².